The minimum Gasteiger partial charge on any atom is -0.352 e. The van der Waals surface area contributed by atoms with E-state index in [-0.39, 0.29) is 16.5 Å². The van der Waals surface area contributed by atoms with Crippen molar-refractivity contribution in [2.45, 2.75) is 6.42 Å². The van der Waals surface area contributed by atoms with Gasteiger partial charge in [0.25, 0.3) is 5.91 Å². The lowest BCUT2D eigenvalue weighted by Crippen LogP contribution is -2.26. The molecule has 0 aliphatic carbocycles. The van der Waals surface area contributed by atoms with Gasteiger partial charge in [-0.3, -0.25) is 4.79 Å². The predicted molar refractivity (Wildman–Crippen MR) is 78.9 cm³/mol. The number of hydrogen-bond acceptors (Lipinski definition) is 1. The maximum atomic E-state index is 12.9. The summed E-state index contributed by atoms with van der Waals surface area (Å²) in [5, 5.41) is 3.53. The van der Waals surface area contributed by atoms with Crippen LogP contribution >= 0.6 is 23.2 Å². The maximum Gasteiger partial charge on any atom is 0.252 e. The zero-order valence-corrected chi connectivity index (χ0v) is 12.0. The molecule has 0 bridgehead atoms. The van der Waals surface area contributed by atoms with E-state index in [2.05, 4.69) is 5.32 Å². The summed E-state index contributed by atoms with van der Waals surface area (Å²) in [4.78, 5) is 11.9. The first-order valence-corrected chi connectivity index (χ1v) is 6.79. The average Bonchev–Trinajstić information content (AvgIpc) is 2.41. The number of carbonyl (C=O) groups excluding carboxylic acids is 1. The van der Waals surface area contributed by atoms with E-state index in [1.807, 2.05) is 12.1 Å². The van der Waals surface area contributed by atoms with E-state index in [0.717, 1.165) is 11.6 Å². The minimum atomic E-state index is -0.465. The molecule has 2 rings (SSSR count). The van der Waals surface area contributed by atoms with Crippen molar-refractivity contribution in [2.24, 2.45) is 0 Å². The number of hydrogen-bond donors (Lipinski definition) is 1. The number of benzene rings is 2. The Kier molecular flexibility index (Phi) is 4.99. The quantitative estimate of drug-likeness (QED) is 0.904. The van der Waals surface area contributed by atoms with Crippen molar-refractivity contribution in [3.63, 3.8) is 0 Å². The average molecular weight is 312 g/mol. The van der Waals surface area contributed by atoms with Crippen LogP contribution in [-0.4, -0.2) is 12.5 Å². The molecule has 2 aromatic carbocycles. The number of amides is 1. The maximum absolute atomic E-state index is 12.9. The van der Waals surface area contributed by atoms with Gasteiger partial charge < -0.3 is 5.32 Å². The molecule has 1 amide bonds. The third-order valence-electron chi connectivity index (χ3n) is 2.79. The number of rotatable bonds is 4. The van der Waals surface area contributed by atoms with Gasteiger partial charge in [0.1, 0.15) is 5.82 Å². The van der Waals surface area contributed by atoms with Gasteiger partial charge in [0, 0.05) is 11.6 Å². The number of nitrogens with one attached hydrogen (secondary N) is 1. The van der Waals surface area contributed by atoms with Gasteiger partial charge in [-0.15, -0.1) is 0 Å². The SMILES string of the molecule is O=C(NCCc1ccc(Cl)cc1)c1ccc(F)cc1Cl. The lowest BCUT2D eigenvalue weighted by Gasteiger charge is -2.07. The van der Waals surface area contributed by atoms with Crippen LogP contribution in [0.2, 0.25) is 10.0 Å². The fourth-order valence-electron chi connectivity index (χ4n) is 1.74. The fourth-order valence-corrected chi connectivity index (χ4v) is 2.12. The van der Waals surface area contributed by atoms with Gasteiger partial charge in [-0.05, 0) is 42.3 Å². The molecule has 2 nitrogen and oxygen atoms in total. The predicted octanol–water partition coefficient (Wildman–Crippen LogP) is 4.11. The molecule has 2 aromatic rings. The van der Waals surface area contributed by atoms with E-state index < -0.39 is 5.82 Å². The summed E-state index contributed by atoms with van der Waals surface area (Å²) in [5.41, 5.74) is 1.34. The molecule has 0 atom stereocenters. The summed E-state index contributed by atoms with van der Waals surface area (Å²) in [6.07, 6.45) is 0.682. The first-order valence-electron chi connectivity index (χ1n) is 6.04. The molecule has 104 valence electrons. The summed E-state index contributed by atoms with van der Waals surface area (Å²) in [5.74, 6) is -0.781. The van der Waals surface area contributed by atoms with Gasteiger partial charge in [0.15, 0.2) is 0 Å². The van der Waals surface area contributed by atoms with Gasteiger partial charge in [0.2, 0.25) is 0 Å². The normalized spacial score (nSPS) is 10.3. The van der Waals surface area contributed by atoms with E-state index >= 15 is 0 Å². The highest BCUT2D eigenvalue weighted by Gasteiger charge is 2.10. The molecule has 1 N–H and O–H groups in total. The zero-order valence-electron chi connectivity index (χ0n) is 10.5. The van der Waals surface area contributed by atoms with E-state index in [1.165, 1.54) is 12.1 Å². The van der Waals surface area contributed by atoms with E-state index in [0.29, 0.717) is 18.0 Å². The topological polar surface area (TPSA) is 29.1 Å². The summed E-state index contributed by atoms with van der Waals surface area (Å²) in [6.45, 7) is 0.466. The Balaban J connectivity index is 1.90. The van der Waals surface area contributed by atoms with E-state index in [9.17, 15) is 9.18 Å². The van der Waals surface area contributed by atoms with Gasteiger partial charge in [0.05, 0.1) is 10.6 Å². The molecule has 0 radical (unpaired) electrons. The van der Waals surface area contributed by atoms with Gasteiger partial charge in [-0.25, -0.2) is 4.39 Å². The third kappa shape index (κ3) is 3.95. The molecule has 0 aliphatic rings. The van der Waals surface area contributed by atoms with Crippen molar-refractivity contribution in [1.29, 1.82) is 0 Å². The van der Waals surface area contributed by atoms with E-state index in [4.69, 9.17) is 23.2 Å². The molecule has 0 heterocycles. The Labute approximate surface area is 126 Å². The molecule has 0 saturated carbocycles. The molecule has 0 unspecified atom stereocenters. The second-order valence-corrected chi connectivity index (χ2v) is 5.10. The summed E-state index contributed by atoms with van der Waals surface area (Å²) >= 11 is 11.6. The lowest BCUT2D eigenvalue weighted by molar-refractivity contribution is 0.0954. The Hall–Kier alpha value is -1.58. The van der Waals surface area contributed by atoms with Crippen LogP contribution in [0.3, 0.4) is 0 Å². The zero-order chi connectivity index (χ0) is 14.5. The van der Waals surface area contributed by atoms with Crippen LogP contribution in [-0.2, 0) is 6.42 Å². The Bertz CT molecular complexity index is 614. The summed E-state index contributed by atoms with van der Waals surface area (Å²) in [6, 6.07) is 11.1. The molecule has 20 heavy (non-hydrogen) atoms. The van der Waals surface area contributed by atoms with Crippen molar-refractivity contribution in [3.05, 3.63) is 69.5 Å². The van der Waals surface area contributed by atoms with Crippen molar-refractivity contribution in [3.8, 4) is 0 Å². The van der Waals surface area contributed by atoms with Gasteiger partial charge in [-0.2, -0.15) is 0 Å². The molecule has 0 aliphatic heterocycles. The highest BCUT2D eigenvalue weighted by atomic mass is 35.5. The van der Waals surface area contributed by atoms with Crippen LogP contribution in [0.5, 0.6) is 0 Å². The van der Waals surface area contributed by atoms with Crippen LogP contribution < -0.4 is 5.32 Å². The molecule has 0 saturated heterocycles. The summed E-state index contributed by atoms with van der Waals surface area (Å²) in [7, 11) is 0. The van der Waals surface area contributed by atoms with Gasteiger partial charge in [-0.1, -0.05) is 35.3 Å². The third-order valence-corrected chi connectivity index (χ3v) is 3.35. The monoisotopic (exact) mass is 311 g/mol. The molecule has 0 spiro atoms. The van der Waals surface area contributed by atoms with E-state index in [1.54, 1.807) is 12.1 Å². The fraction of sp³-hybridized carbons (Fsp3) is 0.133. The van der Waals surface area contributed by atoms with Crippen molar-refractivity contribution >= 4 is 29.1 Å². The van der Waals surface area contributed by atoms with Crippen LogP contribution in [0.1, 0.15) is 15.9 Å². The van der Waals surface area contributed by atoms with Crippen LogP contribution in [0, 0.1) is 5.82 Å². The second-order valence-electron chi connectivity index (χ2n) is 4.26. The second kappa shape index (κ2) is 6.73. The van der Waals surface area contributed by atoms with Crippen LogP contribution in [0.4, 0.5) is 4.39 Å². The Morgan fingerprint density at radius 1 is 1.10 bits per heavy atom. The highest BCUT2D eigenvalue weighted by molar-refractivity contribution is 6.33. The number of carbonyl (C=O) groups is 1. The first kappa shape index (κ1) is 14.8. The van der Waals surface area contributed by atoms with Crippen molar-refractivity contribution in [2.75, 3.05) is 6.54 Å². The molecule has 0 fully saturated rings. The standard InChI is InChI=1S/C15H12Cl2FNO/c16-11-3-1-10(2-4-11)7-8-19-15(20)13-6-5-12(18)9-14(13)17/h1-6,9H,7-8H2,(H,19,20). The van der Waals surface area contributed by atoms with Crippen LogP contribution in [0.25, 0.3) is 0 Å². The van der Waals surface area contributed by atoms with Crippen LogP contribution in [0.15, 0.2) is 42.5 Å². The Morgan fingerprint density at radius 3 is 2.45 bits per heavy atom. The largest absolute Gasteiger partial charge is 0.352 e. The molecule has 5 heteroatoms. The minimum absolute atomic E-state index is 0.106. The Morgan fingerprint density at radius 2 is 1.80 bits per heavy atom. The highest BCUT2D eigenvalue weighted by Crippen LogP contribution is 2.17. The molecular formula is C15H12Cl2FNO. The smallest absolute Gasteiger partial charge is 0.252 e. The van der Waals surface area contributed by atoms with Crippen molar-refractivity contribution < 1.29 is 9.18 Å². The van der Waals surface area contributed by atoms with Gasteiger partial charge >= 0.3 is 0 Å². The lowest BCUT2D eigenvalue weighted by atomic mass is 10.1. The molecule has 0 aromatic heterocycles. The number of halogens is 3. The summed E-state index contributed by atoms with van der Waals surface area (Å²) < 4.78 is 12.9. The first-order chi connectivity index (χ1) is 9.56. The van der Waals surface area contributed by atoms with Crippen molar-refractivity contribution in [1.82, 2.24) is 5.32 Å². The molecular weight excluding hydrogens is 300 g/mol.